The first-order valence-corrected chi connectivity index (χ1v) is 8.65. The van der Waals surface area contributed by atoms with Crippen molar-refractivity contribution in [1.82, 2.24) is 15.2 Å². The van der Waals surface area contributed by atoms with Crippen LogP contribution in [-0.4, -0.2) is 32.4 Å². The molecule has 20 heavy (non-hydrogen) atoms. The maximum atomic E-state index is 5.47. The van der Waals surface area contributed by atoms with Crippen molar-refractivity contribution in [3.8, 4) is 0 Å². The van der Waals surface area contributed by atoms with Crippen molar-refractivity contribution >= 4 is 35.7 Å². The molecule has 4 nitrogen and oxygen atoms in total. The van der Waals surface area contributed by atoms with Gasteiger partial charge in [-0.2, -0.15) is 11.8 Å². The molecule has 106 valence electrons. The van der Waals surface area contributed by atoms with E-state index in [9.17, 15) is 0 Å². The van der Waals surface area contributed by atoms with Gasteiger partial charge in [0.05, 0.1) is 0 Å². The summed E-state index contributed by atoms with van der Waals surface area (Å²) in [6, 6.07) is 3.88. The average molecular weight is 307 g/mol. The molecule has 6 heteroatoms. The highest BCUT2D eigenvalue weighted by Crippen LogP contribution is 2.40. The molecule has 1 aliphatic heterocycles. The van der Waals surface area contributed by atoms with E-state index in [0.29, 0.717) is 5.41 Å². The molecule has 0 atom stereocenters. The Kier molecular flexibility index (Phi) is 3.94. The number of aryl methyl sites for hydroxylation is 1. The van der Waals surface area contributed by atoms with Crippen LogP contribution in [-0.2, 0) is 0 Å². The number of furan rings is 1. The summed E-state index contributed by atoms with van der Waals surface area (Å²) in [5.41, 5.74) is 0.456. The number of rotatable bonds is 5. The molecule has 0 unspecified atom stereocenters. The molecule has 0 spiro atoms. The van der Waals surface area contributed by atoms with Gasteiger partial charge in [-0.3, -0.25) is 5.10 Å². The highest BCUT2D eigenvalue weighted by molar-refractivity contribution is 8.01. The fourth-order valence-electron chi connectivity index (χ4n) is 1.87. The van der Waals surface area contributed by atoms with Gasteiger partial charge >= 0.3 is 0 Å². The number of aromatic amines is 1. The first kappa shape index (κ1) is 13.8. The van der Waals surface area contributed by atoms with Crippen LogP contribution in [0.3, 0.4) is 0 Å². The molecule has 0 bridgehead atoms. The summed E-state index contributed by atoms with van der Waals surface area (Å²) in [5.74, 6) is 6.06. The van der Waals surface area contributed by atoms with Gasteiger partial charge in [0, 0.05) is 17.3 Å². The number of H-pyrrole nitrogens is 1. The van der Waals surface area contributed by atoms with Crippen molar-refractivity contribution in [2.24, 2.45) is 5.41 Å². The lowest BCUT2D eigenvalue weighted by Gasteiger charge is -2.36. The number of nitrogens with zero attached hydrogens (tertiary/aromatic N) is 2. The number of hydrogen-bond acceptors (Lipinski definition) is 5. The monoisotopic (exact) mass is 307 g/mol. The largest absolute Gasteiger partial charge is 0.462 e. The van der Waals surface area contributed by atoms with Gasteiger partial charge in [0.1, 0.15) is 17.3 Å². The molecular weight excluding hydrogens is 290 g/mol. The van der Waals surface area contributed by atoms with E-state index in [1.165, 1.54) is 11.5 Å². The summed E-state index contributed by atoms with van der Waals surface area (Å²) in [5, 5.41) is 7.99. The molecule has 2 aromatic heterocycles. The van der Waals surface area contributed by atoms with Gasteiger partial charge in [0.25, 0.3) is 0 Å². The summed E-state index contributed by atoms with van der Waals surface area (Å²) in [6.07, 6.45) is 3.78. The smallest absolute Gasteiger partial charge is 0.208 e. The zero-order chi connectivity index (χ0) is 14.0. The predicted molar refractivity (Wildman–Crippen MR) is 84.9 cm³/mol. The quantitative estimate of drug-likeness (QED) is 0.853. The van der Waals surface area contributed by atoms with Gasteiger partial charge in [-0.15, -0.1) is 5.10 Å². The van der Waals surface area contributed by atoms with Crippen LogP contribution in [0.4, 0.5) is 0 Å². The van der Waals surface area contributed by atoms with Crippen molar-refractivity contribution in [3.05, 3.63) is 29.5 Å². The second-order valence-corrected chi connectivity index (χ2v) is 7.31. The first-order chi connectivity index (χ1) is 9.63. The summed E-state index contributed by atoms with van der Waals surface area (Å²) in [6.45, 7) is 4.25. The van der Waals surface area contributed by atoms with Crippen LogP contribution in [0.5, 0.6) is 0 Å². The molecule has 2 aromatic rings. The standard InChI is InChI=1S/C14H17N3OS2/c1-10-3-4-11(18-10)5-6-12-15-13(17-16-12)20-9-14(2)7-19-8-14/h3-6H,7-9H2,1-2H3,(H,15,16,17)/b6-5+. The molecule has 0 aromatic carbocycles. The molecule has 1 fully saturated rings. The molecule has 1 aliphatic rings. The van der Waals surface area contributed by atoms with Gasteiger partial charge in [-0.1, -0.05) is 18.7 Å². The van der Waals surface area contributed by atoms with Crippen LogP contribution >= 0.6 is 23.5 Å². The van der Waals surface area contributed by atoms with E-state index in [-0.39, 0.29) is 0 Å². The van der Waals surface area contributed by atoms with Crippen molar-refractivity contribution in [1.29, 1.82) is 0 Å². The minimum Gasteiger partial charge on any atom is -0.462 e. The van der Waals surface area contributed by atoms with Crippen molar-refractivity contribution in [2.75, 3.05) is 17.3 Å². The van der Waals surface area contributed by atoms with Crippen LogP contribution in [0.1, 0.15) is 24.3 Å². The Hall–Kier alpha value is -1.14. The SMILES string of the molecule is Cc1ccc(/C=C/c2nc(SCC3(C)CSC3)n[nH]2)o1. The minimum atomic E-state index is 0.456. The molecule has 0 aliphatic carbocycles. The van der Waals surface area contributed by atoms with E-state index in [2.05, 4.69) is 22.1 Å². The van der Waals surface area contributed by atoms with Crippen molar-refractivity contribution in [2.45, 2.75) is 19.0 Å². The van der Waals surface area contributed by atoms with Gasteiger partial charge in [0.15, 0.2) is 0 Å². The van der Waals surface area contributed by atoms with E-state index >= 15 is 0 Å². The number of aromatic nitrogens is 3. The Balaban J connectivity index is 1.57. The molecular formula is C14H17N3OS2. The van der Waals surface area contributed by atoms with Crippen LogP contribution in [0.15, 0.2) is 21.7 Å². The number of nitrogens with one attached hydrogen (secondary N) is 1. The van der Waals surface area contributed by atoms with Crippen molar-refractivity contribution in [3.63, 3.8) is 0 Å². The second-order valence-electron chi connectivity index (χ2n) is 5.38. The predicted octanol–water partition coefficient (Wildman–Crippen LogP) is 3.72. The van der Waals surface area contributed by atoms with Gasteiger partial charge in [-0.25, -0.2) is 4.98 Å². The van der Waals surface area contributed by atoms with E-state index in [1.54, 1.807) is 11.8 Å². The Bertz CT molecular complexity index is 613. The van der Waals surface area contributed by atoms with E-state index in [4.69, 9.17) is 4.42 Å². The Morgan fingerprint density at radius 3 is 2.95 bits per heavy atom. The maximum absolute atomic E-state index is 5.47. The molecule has 3 rings (SSSR count). The summed E-state index contributed by atoms with van der Waals surface area (Å²) >= 11 is 3.73. The van der Waals surface area contributed by atoms with Gasteiger partial charge in [0.2, 0.25) is 5.16 Å². The van der Waals surface area contributed by atoms with Crippen molar-refractivity contribution < 1.29 is 4.42 Å². The topological polar surface area (TPSA) is 54.7 Å². The zero-order valence-corrected chi connectivity index (χ0v) is 13.2. The molecule has 0 saturated carbocycles. The third kappa shape index (κ3) is 3.30. The van der Waals surface area contributed by atoms with E-state index in [1.807, 2.05) is 43.0 Å². The highest BCUT2D eigenvalue weighted by Gasteiger charge is 2.32. The fraction of sp³-hybridized carbons (Fsp3) is 0.429. The number of hydrogen-bond donors (Lipinski definition) is 1. The Labute approximate surface area is 126 Å². The lowest BCUT2D eigenvalue weighted by atomic mass is 9.98. The van der Waals surface area contributed by atoms with Gasteiger partial charge in [-0.05, 0) is 36.6 Å². The van der Waals surface area contributed by atoms with Gasteiger partial charge < -0.3 is 4.42 Å². The summed E-state index contributed by atoms with van der Waals surface area (Å²) in [4.78, 5) is 4.45. The van der Waals surface area contributed by atoms with E-state index < -0.39 is 0 Å². The Morgan fingerprint density at radius 2 is 2.30 bits per heavy atom. The third-order valence-electron chi connectivity index (χ3n) is 3.10. The fourth-order valence-corrected chi connectivity index (χ4v) is 4.19. The number of thioether (sulfide) groups is 2. The summed E-state index contributed by atoms with van der Waals surface area (Å²) < 4.78 is 5.47. The molecule has 0 amide bonds. The van der Waals surface area contributed by atoms with Crippen LogP contribution < -0.4 is 0 Å². The Morgan fingerprint density at radius 1 is 1.45 bits per heavy atom. The second kappa shape index (κ2) is 5.69. The third-order valence-corrected chi connectivity index (χ3v) is 6.18. The minimum absolute atomic E-state index is 0.456. The molecule has 0 radical (unpaired) electrons. The summed E-state index contributed by atoms with van der Waals surface area (Å²) in [7, 11) is 0. The molecule has 1 saturated heterocycles. The normalized spacial score (nSPS) is 17.5. The zero-order valence-electron chi connectivity index (χ0n) is 11.5. The maximum Gasteiger partial charge on any atom is 0.208 e. The lowest BCUT2D eigenvalue weighted by Crippen LogP contribution is -2.34. The van der Waals surface area contributed by atoms with Crippen LogP contribution in [0.2, 0.25) is 0 Å². The van der Waals surface area contributed by atoms with E-state index in [0.717, 1.165) is 28.3 Å². The van der Waals surface area contributed by atoms with Crippen LogP contribution in [0, 0.1) is 12.3 Å². The molecule has 3 heterocycles. The molecule has 1 N–H and O–H groups in total. The highest BCUT2D eigenvalue weighted by atomic mass is 32.2. The van der Waals surface area contributed by atoms with Crippen LogP contribution in [0.25, 0.3) is 12.2 Å². The lowest BCUT2D eigenvalue weighted by molar-refractivity contribution is 0.472. The average Bonchev–Trinajstić information content (AvgIpc) is 3.00. The first-order valence-electron chi connectivity index (χ1n) is 6.50.